The normalized spacial score (nSPS) is 15.4. The lowest BCUT2D eigenvalue weighted by Crippen LogP contribution is -2.41. The summed E-state index contributed by atoms with van der Waals surface area (Å²) in [5, 5.41) is 1.35. The van der Waals surface area contributed by atoms with Gasteiger partial charge in [-0.15, -0.1) is 11.3 Å². The number of halogens is 2. The lowest BCUT2D eigenvalue weighted by atomic mass is 9.97. The molecule has 0 bridgehead atoms. The van der Waals surface area contributed by atoms with Gasteiger partial charge >= 0.3 is 6.09 Å². The van der Waals surface area contributed by atoms with Crippen LogP contribution in [0.3, 0.4) is 0 Å². The van der Waals surface area contributed by atoms with Gasteiger partial charge in [0.05, 0.1) is 27.0 Å². The van der Waals surface area contributed by atoms with Gasteiger partial charge in [0.2, 0.25) is 5.28 Å². The molecule has 0 aliphatic carbocycles. The number of benzene rings is 1. The highest BCUT2D eigenvalue weighted by atomic mass is 35.5. The van der Waals surface area contributed by atoms with Crippen LogP contribution in [0.4, 0.5) is 14.9 Å². The summed E-state index contributed by atoms with van der Waals surface area (Å²) in [4.78, 5) is 28.3. The molecule has 1 amide bonds. The van der Waals surface area contributed by atoms with Gasteiger partial charge in [-0.1, -0.05) is 19.9 Å². The van der Waals surface area contributed by atoms with Gasteiger partial charge < -0.3 is 14.4 Å². The van der Waals surface area contributed by atoms with Gasteiger partial charge in [-0.05, 0) is 81.8 Å². The van der Waals surface area contributed by atoms with E-state index in [1.807, 2.05) is 26.8 Å². The van der Waals surface area contributed by atoms with Crippen LogP contribution in [-0.2, 0) is 4.74 Å². The highest BCUT2D eigenvalue weighted by Gasteiger charge is 2.30. The van der Waals surface area contributed by atoms with Crippen LogP contribution in [0.25, 0.3) is 21.8 Å². The van der Waals surface area contributed by atoms with Crippen LogP contribution in [0, 0.1) is 5.82 Å². The molecule has 204 valence electrons. The number of aromatic nitrogens is 3. The van der Waals surface area contributed by atoms with Crippen molar-refractivity contribution in [2.75, 3.05) is 17.8 Å². The average molecular weight is 578 g/mol. The average Bonchev–Trinajstić information content (AvgIpc) is 3.32. The smallest absolute Gasteiger partial charge is 0.410 e. The van der Waals surface area contributed by atoms with E-state index >= 15 is 4.39 Å². The number of likely N-dealkylation sites (tertiary alicyclic amines) is 1. The Morgan fingerprint density at radius 3 is 2.68 bits per heavy atom. The predicted molar refractivity (Wildman–Crippen MR) is 154 cm³/mol. The van der Waals surface area contributed by atoms with Crippen molar-refractivity contribution in [1.82, 2.24) is 19.9 Å². The van der Waals surface area contributed by atoms with Crippen LogP contribution in [-0.4, -0.2) is 49.9 Å². The fourth-order valence-corrected chi connectivity index (χ4v) is 6.02. The third-order valence-corrected chi connectivity index (χ3v) is 8.69. The number of nitrogens with zero attached hydrogens (tertiary/aromatic N) is 4. The van der Waals surface area contributed by atoms with Crippen LogP contribution in [0.2, 0.25) is 5.28 Å². The van der Waals surface area contributed by atoms with Crippen molar-refractivity contribution in [3.8, 4) is 21.8 Å². The van der Waals surface area contributed by atoms with E-state index in [2.05, 4.69) is 28.5 Å². The van der Waals surface area contributed by atoms with Crippen molar-refractivity contribution in [2.45, 2.75) is 70.7 Å². The van der Waals surface area contributed by atoms with Gasteiger partial charge in [-0.25, -0.2) is 24.1 Å². The summed E-state index contributed by atoms with van der Waals surface area (Å²) in [6.07, 6.45) is 3.75. The third-order valence-electron chi connectivity index (χ3n) is 6.20. The minimum atomic E-state index is -0.535. The molecular weight excluding hydrogens is 545 g/mol. The minimum Gasteiger partial charge on any atom is -0.444 e. The number of ether oxygens (including phenoxy) is 1. The van der Waals surface area contributed by atoms with Crippen molar-refractivity contribution >= 4 is 46.7 Å². The summed E-state index contributed by atoms with van der Waals surface area (Å²) < 4.78 is 24.5. The molecular formula is C27H33ClFN5O2S2. The Kier molecular flexibility index (Phi) is 9.15. The first kappa shape index (κ1) is 28.6. The summed E-state index contributed by atoms with van der Waals surface area (Å²) >= 11 is 9.09. The highest BCUT2D eigenvalue weighted by molar-refractivity contribution is 8.01. The second-order valence-corrected chi connectivity index (χ2v) is 12.9. The Labute approximate surface area is 236 Å². The van der Waals surface area contributed by atoms with Crippen molar-refractivity contribution < 1.29 is 13.9 Å². The number of thiazole rings is 1. The van der Waals surface area contributed by atoms with E-state index in [0.717, 1.165) is 29.1 Å². The zero-order chi connectivity index (χ0) is 27.4. The summed E-state index contributed by atoms with van der Waals surface area (Å²) in [5.74, 6) is -0.227. The number of carbonyl (C=O) groups is 1. The second kappa shape index (κ2) is 12.2. The third kappa shape index (κ3) is 6.95. The molecule has 38 heavy (non-hydrogen) atoms. The molecule has 1 aliphatic rings. The van der Waals surface area contributed by atoms with Gasteiger partial charge in [-0.3, -0.25) is 0 Å². The van der Waals surface area contributed by atoms with Crippen LogP contribution in [0.15, 0.2) is 30.5 Å². The van der Waals surface area contributed by atoms with Crippen molar-refractivity contribution in [1.29, 1.82) is 0 Å². The van der Waals surface area contributed by atoms with E-state index < -0.39 is 5.60 Å². The molecule has 2 aromatic heterocycles. The molecule has 4 rings (SSSR count). The fraction of sp³-hybridized carbons (Fsp3) is 0.481. The van der Waals surface area contributed by atoms with Gasteiger partial charge in [0.25, 0.3) is 0 Å². The maximum absolute atomic E-state index is 15.8. The monoisotopic (exact) mass is 577 g/mol. The van der Waals surface area contributed by atoms with E-state index in [-0.39, 0.29) is 23.1 Å². The number of rotatable bonds is 7. The SMILES string of the molecule is CCC(C)SNc1cccc(-c2nc(C3CCN(C(=O)OC(C)(C)C)CC3)sc2-c2ccnc(Cl)n2)c1F. The standard InChI is InChI=1S/C27H33ClFN5O2S2/c1-6-16(2)38-33-19-9-7-8-18(21(19)29)22-23(20-10-13-30-25(28)31-20)37-24(32-22)17-11-14-34(15-12-17)26(35)36-27(3,4)5/h7-10,13,16-17,33H,6,11-12,14-15H2,1-5H3. The maximum atomic E-state index is 15.8. The lowest BCUT2D eigenvalue weighted by Gasteiger charge is -2.32. The zero-order valence-electron chi connectivity index (χ0n) is 22.3. The van der Waals surface area contributed by atoms with Crippen molar-refractivity contribution in [3.05, 3.63) is 46.6 Å². The molecule has 1 unspecified atom stereocenters. The van der Waals surface area contributed by atoms with Crippen LogP contribution < -0.4 is 4.72 Å². The molecule has 0 saturated carbocycles. The van der Waals surface area contributed by atoms with E-state index in [1.165, 1.54) is 23.3 Å². The Morgan fingerprint density at radius 2 is 2.03 bits per heavy atom. The molecule has 3 heterocycles. The first-order valence-electron chi connectivity index (χ1n) is 12.7. The molecule has 0 spiro atoms. The molecule has 1 aromatic carbocycles. The number of hydrogen-bond acceptors (Lipinski definition) is 8. The topological polar surface area (TPSA) is 80.2 Å². The zero-order valence-corrected chi connectivity index (χ0v) is 24.6. The molecule has 1 saturated heterocycles. The maximum Gasteiger partial charge on any atom is 0.410 e. The molecule has 1 N–H and O–H groups in total. The summed E-state index contributed by atoms with van der Waals surface area (Å²) in [7, 11) is 0. The molecule has 7 nitrogen and oxygen atoms in total. The van der Waals surface area contributed by atoms with Crippen molar-refractivity contribution in [2.24, 2.45) is 0 Å². The summed E-state index contributed by atoms with van der Waals surface area (Å²) in [5.41, 5.74) is 1.41. The first-order chi connectivity index (χ1) is 18.1. The lowest BCUT2D eigenvalue weighted by molar-refractivity contribution is 0.0205. The molecule has 0 radical (unpaired) electrons. The Morgan fingerprint density at radius 1 is 1.29 bits per heavy atom. The van der Waals surface area contributed by atoms with E-state index in [9.17, 15) is 4.79 Å². The van der Waals surface area contributed by atoms with Crippen LogP contribution >= 0.6 is 34.9 Å². The van der Waals surface area contributed by atoms with Crippen LogP contribution in [0.1, 0.15) is 64.8 Å². The highest BCUT2D eigenvalue weighted by Crippen LogP contribution is 2.43. The predicted octanol–water partition coefficient (Wildman–Crippen LogP) is 8.03. The fourth-order valence-electron chi connectivity index (χ4n) is 4.01. The Bertz CT molecular complexity index is 1270. The number of carbonyl (C=O) groups excluding carboxylic acids is 1. The Balaban J connectivity index is 1.64. The van der Waals surface area contributed by atoms with Gasteiger partial charge in [-0.2, -0.15) is 0 Å². The quantitative estimate of drug-likeness (QED) is 0.225. The van der Waals surface area contributed by atoms with E-state index in [4.69, 9.17) is 21.3 Å². The van der Waals surface area contributed by atoms with E-state index in [1.54, 1.807) is 29.3 Å². The molecule has 1 fully saturated rings. The van der Waals surface area contributed by atoms with Gasteiger partial charge in [0.1, 0.15) is 5.60 Å². The van der Waals surface area contributed by atoms with Gasteiger partial charge in [0.15, 0.2) is 5.82 Å². The van der Waals surface area contributed by atoms with E-state index in [0.29, 0.717) is 41.0 Å². The molecule has 1 aliphatic heterocycles. The molecule has 11 heteroatoms. The Hall–Kier alpha value is -2.43. The van der Waals surface area contributed by atoms with Gasteiger partial charge in [0, 0.05) is 36.0 Å². The minimum absolute atomic E-state index is 0.120. The summed E-state index contributed by atoms with van der Waals surface area (Å²) in [6.45, 7) is 10.9. The summed E-state index contributed by atoms with van der Waals surface area (Å²) in [6, 6.07) is 7.06. The number of anilines is 1. The second-order valence-electron chi connectivity index (χ2n) is 10.3. The van der Waals surface area contributed by atoms with Crippen molar-refractivity contribution in [3.63, 3.8) is 0 Å². The number of hydrogen-bond donors (Lipinski definition) is 1. The largest absolute Gasteiger partial charge is 0.444 e. The molecule has 3 aromatic rings. The molecule has 1 atom stereocenters. The van der Waals surface area contributed by atoms with Crippen LogP contribution in [0.5, 0.6) is 0 Å². The number of nitrogens with one attached hydrogen (secondary N) is 1. The number of piperidine rings is 1. The first-order valence-corrected chi connectivity index (χ1v) is 14.8. The number of amides is 1.